The Bertz CT molecular complexity index is 818. The molecule has 0 aliphatic heterocycles. The van der Waals surface area contributed by atoms with Crippen LogP contribution in [0.3, 0.4) is 0 Å². The summed E-state index contributed by atoms with van der Waals surface area (Å²) in [7, 11) is 1.76. The molecule has 1 atom stereocenters. The van der Waals surface area contributed by atoms with E-state index in [1.807, 2.05) is 54.6 Å². The van der Waals surface area contributed by atoms with Gasteiger partial charge in [-0.25, -0.2) is 0 Å². The number of guanidine groups is 1. The molecule has 0 aliphatic carbocycles. The predicted molar refractivity (Wildman–Crippen MR) is 116 cm³/mol. The maximum Gasteiger partial charge on any atom is 0.191 e. The smallest absolute Gasteiger partial charge is 0.191 e. The fraction of sp³-hybridized carbons (Fsp3) is 0.200. The second-order valence-corrected chi connectivity index (χ2v) is 5.75. The minimum Gasteiger partial charge on any atom is -0.356 e. The van der Waals surface area contributed by atoms with E-state index in [0.717, 1.165) is 23.0 Å². The summed E-state index contributed by atoms with van der Waals surface area (Å²) in [5.74, 6) is 1.48. The van der Waals surface area contributed by atoms with E-state index in [2.05, 4.69) is 39.8 Å². The fourth-order valence-corrected chi connectivity index (χ4v) is 2.53. The first-order valence-electron chi connectivity index (χ1n) is 8.29. The van der Waals surface area contributed by atoms with Gasteiger partial charge in [-0.15, -0.1) is 24.0 Å². The fourth-order valence-electron chi connectivity index (χ4n) is 2.53. The first kappa shape index (κ1) is 20.0. The van der Waals surface area contributed by atoms with Crippen molar-refractivity contribution in [3.63, 3.8) is 0 Å². The standard InChI is InChI=1S/C20H22N4O.HI/c1-15(16-9-5-3-6-10-16)23-20(21-2)22-14-18-13-19(25-24-18)17-11-7-4-8-12-17;/h3-13,15H,14H2,1-2H3,(H2,21,22,23);1H. The highest BCUT2D eigenvalue weighted by Crippen LogP contribution is 2.19. The van der Waals surface area contributed by atoms with E-state index in [1.165, 1.54) is 5.56 Å². The quantitative estimate of drug-likeness (QED) is 0.336. The van der Waals surface area contributed by atoms with Gasteiger partial charge in [-0.1, -0.05) is 65.8 Å². The van der Waals surface area contributed by atoms with Crippen LogP contribution in [-0.2, 0) is 6.54 Å². The van der Waals surface area contributed by atoms with E-state index in [9.17, 15) is 0 Å². The summed E-state index contributed by atoms with van der Waals surface area (Å²) in [5, 5.41) is 10.8. The lowest BCUT2D eigenvalue weighted by Crippen LogP contribution is -2.38. The van der Waals surface area contributed by atoms with Gasteiger partial charge in [0.1, 0.15) is 5.69 Å². The van der Waals surface area contributed by atoms with Crippen molar-refractivity contribution in [3.8, 4) is 11.3 Å². The third kappa shape index (κ3) is 5.32. The SMILES string of the molecule is CN=C(NCc1cc(-c2ccccc2)on1)NC(C)c1ccccc1.I. The second-order valence-electron chi connectivity index (χ2n) is 5.75. The highest BCUT2D eigenvalue weighted by atomic mass is 127. The van der Waals surface area contributed by atoms with Crippen LogP contribution in [0.1, 0.15) is 24.2 Å². The Hall–Kier alpha value is -2.35. The van der Waals surface area contributed by atoms with E-state index in [4.69, 9.17) is 4.52 Å². The van der Waals surface area contributed by atoms with Crippen molar-refractivity contribution in [1.29, 1.82) is 0 Å². The minimum absolute atomic E-state index is 0. The lowest BCUT2D eigenvalue weighted by Gasteiger charge is -2.17. The molecule has 0 saturated carbocycles. The Labute approximate surface area is 170 Å². The second kappa shape index (κ2) is 9.96. The number of hydrogen-bond donors (Lipinski definition) is 2. The number of rotatable bonds is 5. The van der Waals surface area contributed by atoms with E-state index in [-0.39, 0.29) is 30.0 Å². The molecule has 3 aromatic rings. The molecule has 0 bridgehead atoms. The van der Waals surface area contributed by atoms with E-state index < -0.39 is 0 Å². The Kier molecular flexibility index (Phi) is 7.65. The van der Waals surface area contributed by atoms with Crippen LogP contribution >= 0.6 is 24.0 Å². The van der Waals surface area contributed by atoms with Gasteiger partial charge < -0.3 is 15.2 Å². The summed E-state index contributed by atoms with van der Waals surface area (Å²) in [6.07, 6.45) is 0. The molecular formula is C20H23IN4O. The number of nitrogens with one attached hydrogen (secondary N) is 2. The van der Waals surface area contributed by atoms with Crippen molar-refractivity contribution in [2.24, 2.45) is 4.99 Å². The third-order valence-corrected chi connectivity index (χ3v) is 3.93. The molecule has 0 aliphatic rings. The van der Waals surface area contributed by atoms with Gasteiger partial charge in [0, 0.05) is 18.7 Å². The average Bonchev–Trinajstić information content (AvgIpc) is 3.15. The van der Waals surface area contributed by atoms with Gasteiger partial charge in [0.2, 0.25) is 0 Å². The number of aliphatic imine (C=N–C) groups is 1. The minimum atomic E-state index is 0. The van der Waals surface area contributed by atoms with Crippen LogP contribution in [0.4, 0.5) is 0 Å². The topological polar surface area (TPSA) is 62.5 Å². The van der Waals surface area contributed by atoms with Crippen molar-refractivity contribution in [1.82, 2.24) is 15.8 Å². The number of nitrogens with zero attached hydrogens (tertiary/aromatic N) is 2. The molecular weight excluding hydrogens is 439 g/mol. The van der Waals surface area contributed by atoms with E-state index in [0.29, 0.717) is 6.54 Å². The van der Waals surface area contributed by atoms with Crippen LogP contribution in [0, 0.1) is 0 Å². The lowest BCUT2D eigenvalue weighted by molar-refractivity contribution is 0.422. The Balaban J connectivity index is 0.00000243. The zero-order valence-electron chi connectivity index (χ0n) is 14.8. The van der Waals surface area contributed by atoms with Crippen molar-refractivity contribution >= 4 is 29.9 Å². The van der Waals surface area contributed by atoms with Crippen LogP contribution in [0.2, 0.25) is 0 Å². The van der Waals surface area contributed by atoms with Gasteiger partial charge in [-0.2, -0.15) is 0 Å². The van der Waals surface area contributed by atoms with Crippen LogP contribution in [0.5, 0.6) is 0 Å². The molecule has 2 N–H and O–H groups in total. The zero-order valence-corrected chi connectivity index (χ0v) is 17.2. The molecule has 1 aromatic heterocycles. The monoisotopic (exact) mass is 462 g/mol. The molecule has 1 unspecified atom stereocenters. The summed E-state index contributed by atoms with van der Waals surface area (Å²) < 4.78 is 5.42. The van der Waals surface area contributed by atoms with Gasteiger partial charge in [0.15, 0.2) is 11.7 Å². The van der Waals surface area contributed by atoms with Crippen LogP contribution < -0.4 is 10.6 Å². The Morgan fingerprint density at radius 2 is 1.73 bits per heavy atom. The Morgan fingerprint density at radius 3 is 2.38 bits per heavy atom. The summed E-state index contributed by atoms with van der Waals surface area (Å²) in [6.45, 7) is 2.64. The van der Waals surface area contributed by atoms with Crippen molar-refractivity contribution in [2.45, 2.75) is 19.5 Å². The van der Waals surface area contributed by atoms with Gasteiger partial charge in [-0.3, -0.25) is 4.99 Å². The largest absolute Gasteiger partial charge is 0.356 e. The number of halogens is 1. The molecule has 0 amide bonds. The predicted octanol–water partition coefficient (Wildman–Crippen LogP) is 4.39. The average molecular weight is 462 g/mol. The number of hydrogen-bond acceptors (Lipinski definition) is 3. The van der Waals surface area contributed by atoms with E-state index in [1.54, 1.807) is 7.05 Å². The first-order valence-corrected chi connectivity index (χ1v) is 8.29. The summed E-state index contributed by atoms with van der Waals surface area (Å²) in [4.78, 5) is 4.27. The third-order valence-electron chi connectivity index (χ3n) is 3.93. The molecule has 0 radical (unpaired) electrons. The highest BCUT2D eigenvalue weighted by molar-refractivity contribution is 14.0. The maximum atomic E-state index is 5.42. The van der Waals surface area contributed by atoms with Crippen LogP contribution in [0.15, 0.2) is 76.2 Å². The zero-order chi connectivity index (χ0) is 17.5. The molecule has 0 saturated heterocycles. The molecule has 0 fully saturated rings. The molecule has 26 heavy (non-hydrogen) atoms. The van der Waals surface area contributed by atoms with Crippen molar-refractivity contribution < 1.29 is 4.52 Å². The molecule has 1 heterocycles. The van der Waals surface area contributed by atoms with Crippen molar-refractivity contribution in [2.75, 3.05) is 7.05 Å². The Morgan fingerprint density at radius 1 is 1.08 bits per heavy atom. The number of benzene rings is 2. The van der Waals surface area contributed by atoms with Gasteiger partial charge >= 0.3 is 0 Å². The van der Waals surface area contributed by atoms with Crippen LogP contribution in [0.25, 0.3) is 11.3 Å². The van der Waals surface area contributed by atoms with Gasteiger partial charge in [-0.05, 0) is 12.5 Å². The molecule has 6 heteroatoms. The van der Waals surface area contributed by atoms with Crippen LogP contribution in [-0.4, -0.2) is 18.2 Å². The van der Waals surface area contributed by atoms with Gasteiger partial charge in [0.05, 0.1) is 12.6 Å². The van der Waals surface area contributed by atoms with E-state index >= 15 is 0 Å². The maximum absolute atomic E-state index is 5.42. The first-order chi connectivity index (χ1) is 12.3. The molecule has 5 nitrogen and oxygen atoms in total. The lowest BCUT2D eigenvalue weighted by atomic mass is 10.1. The highest BCUT2D eigenvalue weighted by Gasteiger charge is 2.09. The summed E-state index contributed by atoms with van der Waals surface area (Å²) in [5.41, 5.74) is 3.05. The normalized spacial score (nSPS) is 12.2. The van der Waals surface area contributed by atoms with Gasteiger partial charge in [0.25, 0.3) is 0 Å². The number of aromatic nitrogens is 1. The molecule has 0 spiro atoms. The molecule has 2 aromatic carbocycles. The summed E-state index contributed by atoms with van der Waals surface area (Å²) in [6, 6.07) is 22.3. The van der Waals surface area contributed by atoms with Crippen molar-refractivity contribution in [3.05, 3.63) is 78.0 Å². The molecule has 136 valence electrons. The summed E-state index contributed by atoms with van der Waals surface area (Å²) >= 11 is 0. The molecule has 3 rings (SSSR count).